The Kier molecular flexibility index (Phi) is 11.2. The van der Waals surface area contributed by atoms with Crippen molar-refractivity contribution in [3.05, 3.63) is 125 Å². The van der Waals surface area contributed by atoms with Crippen LogP contribution in [0, 0.1) is 5.82 Å². The third-order valence-electron chi connectivity index (χ3n) is 6.98. The first kappa shape index (κ1) is 33.5. The number of benzene rings is 4. The second kappa shape index (κ2) is 15.0. The molecule has 0 aliphatic carbocycles. The number of nitrogens with zero attached hydrogens (tertiary/aromatic N) is 2. The summed E-state index contributed by atoms with van der Waals surface area (Å²) < 4.78 is 48.1. The molecule has 11 heteroatoms. The van der Waals surface area contributed by atoms with Gasteiger partial charge in [-0.05, 0) is 85.6 Å². The average molecular weight is 652 g/mol. The second-order valence-electron chi connectivity index (χ2n) is 10.7. The Morgan fingerprint density at radius 1 is 0.889 bits per heavy atom. The summed E-state index contributed by atoms with van der Waals surface area (Å²) in [5, 5.41) is 3.35. The molecule has 1 atom stereocenters. The van der Waals surface area contributed by atoms with Crippen LogP contribution in [0.5, 0.6) is 5.75 Å². The molecule has 4 aromatic carbocycles. The number of carbonyl (C=O) groups excluding carboxylic acids is 2. The predicted molar refractivity (Wildman–Crippen MR) is 173 cm³/mol. The number of rotatable bonds is 13. The minimum absolute atomic E-state index is 0.0255. The summed E-state index contributed by atoms with van der Waals surface area (Å²) in [5.74, 6) is -1.15. The molecule has 0 fully saturated rings. The molecule has 1 N–H and O–H groups in total. The third-order valence-corrected chi connectivity index (χ3v) is 9.01. The Labute approximate surface area is 268 Å². The van der Waals surface area contributed by atoms with E-state index >= 15 is 0 Å². The van der Waals surface area contributed by atoms with E-state index in [-0.39, 0.29) is 29.6 Å². The van der Waals surface area contributed by atoms with Gasteiger partial charge in [-0.15, -0.1) is 0 Å². The van der Waals surface area contributed by atoms with Gasteiger partial charge in [0.15, 0.2) is 0 Å². The lowest BCUT2D eigenvalue weighted by Crippen LogP contribution is -2.54. The highest BCUT2D eigenvalue weighted by atomic mass is 35.5. The topological polar surface area (TPSA) is 96.0 Å². The fourth-order valence-electron chi connectivity index (χ4n) is 4.78. The molecule has 0 aliphatic rings. The lowest BCUT2D eigenvalue weighted by atomic mass is 10.0. The van der Waals surface area contributed by atoms with Crippen LogP contribution in [0.2, 0.25) is 5.02 Å². The molecule has 236 valence electrons. The number of hydrogen-bond donors (Lipinski definition) is 1. The molecule has 0 bridgehead atoms. The van der Waals surface area contributed by atoms with Gasteiger partial charge in [0.1, 0.15) is 24.2 Å². The number of amides is 2. The quantitative estimate of drug-likeness (QED) is 0.196. The normalized spacial score (nSPS) is 12.0. The summed E-state index contributed by atoms with van der Waals surface area (Å²) in [6, 6.07) is 25.5. The Balaban J connectivity index is 1.80. The molecule has 0 aromatic heterocycles. The van der Waals surface area contributed by atoms with Gasteiger partial charge in [0, 0.05) is 24.0 Å². The van der Waals surface area contributed by atoms with Gasteiger partial charge in [-0.1, -0.05) is 54.1 Å². The summed E-state index contributed by atoms with van der Waals surface area (Å²) in [7, 11) is -2.88. The zero-order chi connectivity index (χ0) is 32.6. The highest BCUT2D eigenvalue weighted by molar-refractivity contribution is 7.92. The first-order valence-corrected chi connectivity index (χ1v) is 16.1. The molecule has 0 saturated heterocycles. The Bertz CT molecular complexity index is 1700. The van der Waals surface area contributed by atoms with Crippen molar-refractivity contribution in [2.75, 3.05) is 18.0 Å². The van der Waals surface area contributed by atoms with Gasteiger partial charge in [-0.3, -0.25) is 13.9 Å². The number of sulfonamides is 1. The summed E-state index contributed by atoms with van der Waals surface area (Å²) in [6.07, 6.45) is 0.174. The molecule has 4 aromatic rings. The van der Waals surface area contributed by atoms with E-state index in [0.717, 1.165) is 22.0 Å². The summed E-state index contributed by atoms with van der Waals surface area (Å²) in [6.45, 7) is 2.94. The van der Waals surface area contributed by atoms with Crippen LogP contribution in [0.1, 0.15) is 25.0 Å². The van der Waals surface area contributed by atoms with Crippen LogP contribution < -0.4 is 14.4 Å². The van der Waals surface area contributed by atoms with E-state index in [1.807, 2.05) is 44.2 Å². The van der Waals surface area contributed by atoms with Crippen LogP contribution in [0.25, 0.3) is 0 Å². The van der Waals surface area contributed by atoms with E-state index < -0.39 is 40.2 Å². The molecule has 45 heavy (non-hydrogen) atoms. The van der Waals surface area contributed by atoms with Crippen LogP contribution in [0.3, 0.4) is 0 Å². The summed E-state index contributed by atoms with van der Waals surface area (Å²) >= 11 is 6.27. The van der Waals surface area contributed by atoms with Crippen molar-refractivity contribution >= 4 is 39.1 Å². The molecule has 0 unspecified atom stereocenters. The number of ether oxygens (including phenoxy) is 1. The molecule has 0 aliphatic heterocycles. The maximum atomic E-state index is 14.4. The van der Waals surface area contributed by atoms with Gasteiger partial charge in [0.25, 0.3) is 10.0 Å². The molecule has 0 saturated carbocycles. The van der Waals surface area contributed by atoms with Crippen molar-refractivity contribution in [1.82, 2.24) is 10.2 Å². The third kappa shape index (κ3) is 8.83. The first-order valence-electron chi connectivity index (χ1n) is 14.3. The SMILES string of the molecule is COc1ccc(S(=O)(=O)N(CC(=O)N(Cc2cccc(Cl)c2)[C@H](Cc2ccccc2)C(=O)NC(C)C)c2ccc(F)cc2)cc1. The van der Waals surface area contributed by atoms with Gasteiger partial charge in [0.05, 0.1) is 17.7 Å². The lowest BCUT2D eigenvalue weighted by molar-refractivity contribution is -0.140. The molecule has 0 radical (unpaired) electrons. The highest BCUT2D eigenvalue weighted by Gasteiger charge is 2.35. The fourth-order valence-corrected chi connectivity index (χ4v) is 6.40. The molecule has 2 amide bonds. The maximum Gasteiger partial charge on any atom is 0.264 e. The van der Waals surface area contributed by atoms with Gasteiger partial charge >= 0.3 is 0 Å². The van der Waals surface area contributed by atoms with Gasteiger partial charge in [-0.25, -0.2) is 12.8 Å². The number of hydrogen-bond acceptors (Lipinski definition) is 5. The molecule has 0 heterocycles. The van der Waals surface area contributed by atoms with Crippen LogP contribution in [-0.2, 0) is 32.6 Å². The zero-order valence-electron chi connectivity index (χ0n) is 25.2. The highest BCUT2D eigenvalue weighted by Crippen LogP contribution is 2.27. The standard InChI is InChI=1S/C34H35ClFN3O5S/c1-24(2)37-34(41)32(21-25-8-5-4-6-9-25)38(22-26-10-7-11-27(35)20-26)33(40)23-39(29-14-12-28(36)13-15-29)45(42,43)31-18-16-30(44-3)17-19-31/h4-20,24,32H,21-23H2,1-3H3,(H,37,41)/t32-/m1/s1. The first-order chi connectivity index (χ1) is 21.5. The summed E-state index contributed by atoms with van der Waals surface area (Å²) in [5.41, 5.74) is 1.54. The monoisotopic (exact) mass is 651 g/mol. The smallest absolute Gasteiger partial charge is 0.264 e. The van der Waals surface area contributed by atoms with Crippen molar-refractivity contribution in [3.63, 3.8) is 0 Å². The zero-order valence-corrected chi connectivity index (χ0v) is 26.8. The number of carbonyl (C=O) groups is 2. The van der Waals surface area contributed by atoms with Gasteiger partial charge < -0.3 is 15.0 Å². The van der Waals surface area contributed by atoms with E-state index in [0.29, 0.717) is 16.3 Å². The number of halogens is 2. The fraction of sp³-hybridized carbons (Fsp3) is 0.235. The van der Waals surface area contributed by atoms with Crippen LogP contribution >= 0.6 is 11.6 Å². The molecule has 0 spiro atoms. The Morgan fingerprint density at radius 3 is 2.13 bits per heavy atom. The number of nitrogens with one attached hydrogen (secondary N) is 1. The van der Waals surface area contributed by atoms with E-state index in [2.05, 4.69) is 5.32 Å². The Morgan fingerprint density at radius 2 is 1.53 bits per heavy atom. The maximum absolute atomic E-state index is 14.4. The van der Waals surface area contributed by atoms with Crippen molar-refractivity contribution in [2.45, 2.75) is 43.8 Å². The number of methoxy groups -OCH3 is 1. The number of anilines is 1. The minimum atomic E-state index is -4.34. The predicted octanol–water partition coefficient (Wildman–Crippen LogP) is 5.85. The largest absolute Gasteiger partial charge is 0.497 e. The molecular weight excluding hydrogens is 617 g/mol. The molecule has 4 rings (SSSR count). The van der Waals surface area contributed by atoms with Crippen LogP contribution in [-0.4, -0.2) is 50.9 Å². The van der Waals surface area contributed by atoms with Crippen molar-refractivity contribution in [2.24, 2.45) is 0 Å². The molecular formula is C34H35ClFN3O5S. The molecule has 8 nitrogen and oxygen atoms in total. The van der Waals surface area contributed by atoms with E-state index in [1.165, 1.54) is 48.4 Å². The van der Waals surface area contributed by atoms with E-state index in [9.17, 15) is 22.4 Å². The van der Waals surface area contributed by atoms with E-state index in [4.69, 9.17) is 16.3 Å². The second-order valence-corrected chi connectivity index (χ2v) is 13.0. The lowest BCUT2D eigenvalue weighted by Gasteiger charge is -2.34. The minimum Gasteiger partial charge on any atom is -0.497 e. The van der Waals surface area contributed by atoms with E-state index in [1.54, 1.807) is 24.3 Å². The van der Waals surface area contributed by atoms with Crippen molar-refractivity contribution in [3.8, 4) is 5.75 Å². The van der Waals surface area contributed by atoms with Crippen LogP contribution in [0.4, 0.5) is 10.1 Å². The van der Waals surface area contributed by atoms with Gasteiger partial charge in [-0.2, -0.15) is 0 Å². The van der Waals surface area contributed by atoms with Crippen LogP contribution in [0.15, 0.2) is 108 Å². The average Bonchev–Trinajstić information content (AvgIpc) is 3.02. The van der Waals surface area contributed by atoms with Crippen molar-refractivity contribution < 1.29 is 27.1 Å². The summed E-state index contributed by atoms with van der Waals surface area (Å²) in [4.78, 5) is 29.4. The van der Waals surface area contributed by atoms with Crippen molar-refractivity contribution in [1.29, 1.82) is 0 Å². The van der Waals surface area contributed by atoms with Gasteiger partial charge in [0.2, 0.25) is 11.8 Å². The Hall–Kier alpha value is -4.41.